The van der Waals surface area contributed by atoms with E-state index in [0.29, 0.717) is 12.5 Å². The minimum Gasteiger partial charge on any atom is -0.383 e. The summed E-state index contributed by atoms with van der Waals surface area (Å²) in [6.07, 6.45) is 1.05. The molecule has 0 saturated heterocycles. The van der Waals surface area contributed by atoms with Gasteiger partial charge in [0.2, 0.25) is 0 Å². The number of methoxy groups -OCH3 is 1. The van der Waals surface area contributed by atoms with Crippen molar-refractivity contribution in [3.8, 4) is 0 Å². The maximum absolute atomic E-state index is 5.66. The van der Waals surface area contributed by atoms with Crippen LogP contribution in [0.5, 0.6) is 0 Å². The molecule has 0 unspecified atom stereocenters. The van der Waals surface area contributed by atoms with Gasteiger partial charge in [0.15, 0.2) is 0 Å². The molecule has 2 N–H and O–H groups in total. The molecule has 2 nitrogen and oxygen atoms in total. The molecule has 0 aromatic carbocycles. The molecule has 1 atom stereocenters. The Morgan fingerprint density at radius 2 is 1.90 bits per heavy atom. The lowest BCUT2D eigenvalue weighted by atomic mass is 10.1. The summed E-state index contributed by atoms with van der Waals surface area (Å²) in [4.78, 5) is 0. The summed E-state index contributed by atoms with van der Waals surface area (Å²) in [5.41, 5.74) is 5.66. The number of ether oxygens (including phenoxy) is 1. The Balaban J connectivity index is 0. The largest absolute Gasteiger partial charge is 0.383 e. The molecular formula is C7H18ClNO. The van der Waals surface area contributed by atoms with Crippen molar-refractivity contribution < 1.29 is 4.74 Å². The van der Waals surface area contributed by atoms with Crippen molar-refractivity contribution in [3.05, 3.63) is 0 Å². The monoisotopic (exact) mass is 167 g/mol. The zero-order valence-corrected chi connectivity index (χ0v) is 7.78. The van der Waals surface area contributed by atoms with E-state index in [1.54, 1.807) is 7.11 Å². The van der Waals surface area contributed by atoms with Crippen LogP contribution >= 0.6 is 12.4 Å². The minimum absolute atomic E-state index is 0. The lowest BCUT2D eigenvalue weighted by Crippen LogP contribution is -2.27. The fraction of sp³-hybridized carbons (Fsp3) is 1.00. The predicted octanol–water partition coefficient (Wildman–Crippen LogP) is 1.43. The van der Waals surface area contributed by atoms with Gasteiger partial charge < -0.3 is 10.5 Å². The molecule has 0 amide bonds. The lowest BCUT2D eigenvalue weighted by Gasteiger charge is -2.11. The molecule has 0 aliphatic rings. The van der Waals surface area contributed by atoms with Gasteiger partial charge in [-0.1, -0.05) is 13.8 Å². The van der Waals surface area contributed by atoms with E-state index in [1.165, 1.54) is 0 Å². The summed E-state index contributed by atoms with van der Waals surface area (Å²) in [5.74, 6) is 0.676. The number of hydrogen-bond acceptors (Lipinski definition) is 2. The molecule has 0 bridgehead atoms. The molecule has 3 heteroatoms. The molecule has 64 valence electrons. The molecule has 0 saturated carbocycles. The van der Waals surface area contributed by atoms with Gasteiger partial charge in [0, 0.05) is 13.2 Å². The molecule has 10 heavy (non-hydrogen) atoms. The van der Waals surface area contributed by atoms with E-state index < -0.39 is 0 Å². The van der Waals surface area contributed by atoms with Crippen LogP contribution in [-0.2, 0) is 4.74 Å². The SMILES string of the molecule is COC[C@H](N)CC(C)C.Cl. The summed E-state index contributed by atoms with van der Waals surface area (Å²) in [5, 5.41) is 0. The van der Waals surface area contributed by atoms with Crippen molar-refractivity contribution >= 4 is 12.4 Å². The quantitative estimate of drug-likeness (QED) is 0.688. The molecule has 0 spiro atoms. The summed E-state index contributed by atoms with van der Waals surface area (Å²) in [6.45, 7) is 5.00. The van der Waals surface area contributed by atoms with E-state index in [1.807, 2.05) is 0 Å². The highest BCUT2D eigenvalue weighted by molar-refractivity contribution is 5.85. The van der Waals surface area contributed by atoms with Gasteiger partial charge >= 0.3 is 0 Å². The molecule has 0 aliphatic carbocycles. The van der Waals surface area contributed by atoms with Gasteiger partial charge in [0.25, 0.3) is 0 Å². The first-order valence-corrected chi connectivity index (χ1v) is 3.41. The minimum atomic E-state index is 0. The normalized spacial score (nSPS) is 12.9. The Bertz CT molecular complexity index is 68.6. The number of halogens is 1. The molecule has 0 aromatic heterocycles. The predicted molar refractivity (Wildman–Crippen MR) is 46.6 cm³/mol. The molecule has 0 aromatic rings. The summed E-state index contributed by atoms with van der Waals surface area (Å²) in [6, 6.07) is 0.218. The van der Waals surface area contributed by atoms with Crippen molar-refractivity contribution in [2.24, 2.45) is 11.7 Å². The molecule has 0 aliphatic heterocycles. The second-order valence-corrected chi connectivity index (χ2v) is 2.84. The van der Waals surface area contributed by atoms with Crippen molar-refractivity contribution in [2.75, 3.05) is 13.7 Å². The van der Waals surface area contributed by atoms with Gasteiger partial charge in [-0.05, 0) is 12.3 Å². The van der Waals surface area contributed by atoms with E-state index in [2.05, 4.69) is 13.8 Å². The highest BCUT2D eigenvalue weighted by Crippen LogP contribution is 2.01. The van der Waals surface area contributed by atoms with Crippen LogP contribution in [0.15, 0.2) is 0 Å². The highest BCUT2D eigenvalue weighted by Gasteiger charge is 2.03. The molecule has 0 radical (unpaired) electrons. The molecule has 0 rings (SSSR count). The summed E-state index contributed by atoms with van der Waals surface area (Å²) in [7, 11) is 1.68. The first kappa shape index (κ1) is 12.8. The summed E-state index contributed by atoms with van der Waals surface area (Å²) < 4.78 is 4.88. The third-order valence-corrected chi connectivity index (χ3v) is 1.15. The van der Waals surface area contributed by atoms with E-state index in [0.717, 1.165) is 6.42 Å². The van der Waals surface area contributed by atoms with Crippen LogP contribution in [-0.4, -0.2) is 19.8 Å². The van der Waals surface area contributed by atoms with E-state index in [-0.39, 0.29) is 18.4 Å². The van der Waals surface area contributed by atoms with Crippen molar-refractivity contribution in [1.29, 1.82) is 0 Å². The second-order valence-electron chi connectivity index (χ2n) is 2.84. The van der Waals surface area contributed by atoms with Crippen LogP contribution in [0.3, 0.4) is 0 Å². The van der Waals surface area contributed by atoms with Crippen LogP contribution in [0.4, 0.5) is 0 Å². The van der Waals surface area contributed by atoms with E-state index in [9.17, 15) is 0 Å². The molecule has 0 heterocycles. The topological polar surface area (TPSA) is 35.2 Å². The Kier molecular flexibility index (Phi) is 9.40. The molecular weight excluding hydrogens is 150 g/mol. The van der Waals surface area contributed by atoms with Crippen LogP contribution in [0.1, 0.15) is 20.3 Å². The smallest absolute Gasteiger partial charge is 0.0613 e. The Hall–Kier alpha value is 0.210. The third kappa shape index (κ3) is 8.21. The van der Waals surface area contributed by atoms with E-state index in [4.69, 9.17) is 10.5 Å². The van der Waals surface area contributed by atoms with Gasteiger partial charge in [-0.2, -0.15) is 0 Å². The van der Waals surface area contributed by atoms with E-state index >= 15 is 0 Å². The number of nitrogens with two attached hydrogens (primary N) is 1. The average molecular weight is 168 g/mol. The van der Waals surface area contributed by atoms with Crippen molar-refractivity contribution in [3.63, 3.8) is 0 Å². The fourth-order valence-corrected chi connectivity index (χ4v) is 0.888. The van der Waals surface area contributed by atoms with Gasteiger partial charge in [-0.3, -0.25) is 0 Å². The maximum Gasteiger partial charge on any atom is 0.0613 e. The Morgan fingerprint density at radius 1 is 1.40 bits per heavy atom. The Morgan fingerprint density at radius 3 is 2.20 bits per heavy atom. The standard InChI is InChI=1S/C7H17NO.ClH/c1-6(2)4-7(8)5-9-3;/h6-7H,4-5,8H2,1-3H3;1H/t7-;/m1./s1. The highest BCUT2D eigenvalue weighted by atomic mass is 35.5. The van der Waals surface area contributed by atoms with Crippen LogP contribution < -0.4 is 5.73 Å². The van der Waals surface area contributed by atoms with Gasteiger partial charge in [0.1, 0.15) is 0 Å². The zero-order valence-electron chi connectivity index (χ0n) is 6.96. The first-order valence-electron chi connectivity index (χ1n) is 3.41. The fourth-order valence-electron chi connectivity index (χ4n) is 0.888. The van der Waals surface area contributed by atoms with Crippen LogP contribution in [0.2, 0.25) is 0 Å². The summed E-state index contributed by atoms with van der Waals surface area (Å²) >= 11 is 0. The third-order valence-electron chi connectivity index (χ3n) is 1.15. The average Bonchev–Trinajstić information content (AvgIpc) is 1.63. The zero-order chi connectivity index (χ0) is 7.28. The van der Waals surface area contributed by atoms with Gasteiger partial charge in [0.05, 0.1) is 6.61 Å². The maximum atomic E-state index is 5.66. The number of rotatable bonds is 4. The first-order chi connectivity index (χ1) is 4.16. The lowest BCUT2D eigenvalue weighted by molar-refractivity contribution is 0.172. The van der Waals surface area contributed by atoms with Gasteiger partial charge in [-0.25, -0.2) is 0 Å². The number of hydrogen-bond donors (Lipinski definition) is 1. The van der Waals surface area contributed by atoms with Crippen molar-refractivity contribution in [2.45, 2.75) is 26.3 Å². The van der Waals surface area contributed by atoms with Crippen molar-refractivity contribution in [1.82, 2.24) is 0 Å². The van der Waals surface area contributed by atoms with Crippen LogP contribution in [0.25, 0.3) is 0 Å². The molecule has 0 fully saturated rings. The Labute approximate surface area is 69.5 Å². The van der Waals surface area contributed by atoms with Crippen LogP contribution in [0, 0.1) is 5.92 Å². The van der Waals surface area contributed by atoms with Gasteiger partial charge in [-0.15, -0.1) is 12.4 Å². The second kappa shape index (κ2) is 7.32.